The summed E-state index contributed by atoms with van der Waals surface area (Å²) in [6.07, 6.45) is 0. The number of carbonyl (C=O) groups excluding carboxylic acids is 1. The molecule has 0 fully saturated rings. The number of ketones is 1. The Kier molecular flexibility index (Phi) is 3.89. The Morgan fingerprint density at radius 2 is 1.85 bits per heavy atom. The molecule has 0 atom stereocenters. The fraction of sp³-hybridized carbons (Fsp3) is 0.133. The van der Waals surface area contributed by atoms with E-state index in [-0.39, 0.29) is 11.5 Å². The van der Waals surface area contributed by atoms with Gasteiger partial charge in [-0.15, -0.1) is 0 Å². The van der Waals surface area contributed by atoms with E-state index >= 15 is 0 Å². The number of nitrogens with two attached hydrogens (primary N) is 1. The third-order valence-electron chi connectivity index (χ3n) is 2.87. The Morgan fingerprint density at radius 1 is 1.20 bits per heavy atom. The fourth-order valence-electron chi connectivity index (χ4n) is 1.87. The average molecular weight is 274 g/mol. The van der Waals surface area contributed by atoms with Gasteiger partial charge >= 0.3 is 0 Å². The van der Waals surface area contributed by atoms with Crippen LogP contribution in [0.5, 0.6) is 5.75 Å². The summed E-state index contributed by atoms with van der Waals surface area (Å²) in [7, 11) is 1.40. The van der Waals surface area contributed by atoms with E-state index in [9.17, 15) is 9.18 Å². The van der Waals surface area contributed by atoms with Crippen molar-refractivity contribution in [1.82, 2.24) is 0 Å². The topological polar surface area (TPSA) is 64.3 Å². The summed E-state index contributed by atoms with van der Waals surface area (Å²) in [4.78, 5) is 11.3. The van der Waals surface area contributed by atoms with Crippen LogP contribution in [0.1, 0.15) is 17.3 Å². The van der Waals surface area contributed by atoms with Gasteiger partial charge in [0.25, 0.3) is 0 Å². The second kappa shape index (κ2) is 5.61. The zero-order valence-electron chi connectivity index (χ0n) is 11.2. The average Bonchev–Trinajstić information content (AvgIpc) is 2.40. The van der Waals surface area contributed by atoms with E-state index in [1.807, 2.05) is 0 Å². The minimum atomic E-state index is -0.426. The van der Waals surface area contributed by atoms with E-state index in [0.717, 1.165) is 0 Å². The molecule has 0 aromatic heterocycles. The molecule has 0 aliphatic carbocycles. The number of hydrogen-bond acceptors (Lipinski definition) is 4. The van der Waals surface area contributed by atoms with Gasteiger partial charge in [-0.3, -0.25) is 4.79 Å². The van der Waals surface area contributed by atoms with Crippen LogP contribution >= 0.6 is 0 Å². The Labute approximate surface area is 116 Å². The summed E-state index contributed by atoms with van der Waals surface area (Å²) in [6, 6.07) is 9.50. The van der Waals surface area contributed by atoms with Crippen molar-refractivity contribution in [3.8, 4) is 5.75 Å². The van der Waals surface area contributed by atoms with Crippen LogP contribution in [-0.2, 0) is 0 Å². The lowest BCUT2D eigenvalue weighted by atomic mass is 10.1. The van der Waals surface area contributed by atoms with E-state index in [0.29, 0.717) is 22.6 Å². The molecule has 0 bridgehead atoms. The number of rotatable bonds is 4. The summed E-state index contributed by atoms with van der Waals surface area (Å²) >= 11 is 0. The lowest BCUT2D eigenvalue weighted by Gasteiger charge is -2.10. The molecule has 3 N–H and O–H groups in total. The maximum atomic E-state index is 13.3. The fourth-order valence-corrected chi connectivity index (χ4v) is 1.87. The first-order valence-corrected chi connectivity index (χ1v) is 6.02. The second-order valence-corrected chi connectivity index (χ2v) is 4.33. The van der Waals surface area contributed by atoms with Gasteiger partial charge in [-0.05, 0) is 37.3 Å². The smallest absolute Gasteiger partial charge is 0.165 e. The molecular weight excluding hydrogens is 259 g/mol. The van der Waals surface area contributed by atoms with Gasteiger partial charge in [-0.2, -0.15) is 0 Å². The van der Waals surface area contributed by atoms with E-state index in [2.05, 4.69) is 5.32 Å². The van der Waals surface area contributed by atoms with Crippen LogP contribution in [0.4, 0.5) is 21.5 Å². The van der Waals surface area contributed by atoms with Gasteiger partial charge in [-0.1, -0.05) is 0 Å². The van der Waals surface area contributed by atoms with Crippen LogP contribution in [0.15, 0.2) is 36.4 Å². The maximum Gasteiger partial charge on any atom is 0.165 e. The van der Waals surface area contributed by atoms with Gasteiger partial charge in [0.05, 0.1) is 7.11 Å². The standard InChI is InChI=1S/C15H15FN2O2/c1-9(19)12-5-3-10(7-14(12)17)18-11-4-6-13(16)15(8-11)20-2/h3-8,18H,17H2,1-2H3. The Morgan fingerprint density at radius 3 is 2.45 bits per heavy atom. The molecule has 0 saturated carbocycles. The van der Waals surface area contributed by atoms with Gasteiger partial charge in [0.2, 0.25) is 0 Å². The molecule has 0 heterocycles. The zero-order chi connectivity index (χ0) is 14.7. The third-order valence-corrected chi connectivity index (χ3v) is 2.87. The number of anilines is 3. The van der Waals surface area contributed by atoms with Crippen molar-refractivity contribution in [2.45, 2.75) is 6.92 Å². The minimum absolute atomic E-state index is 0.0856. The summed E-state index contributed by atoms with van der Waals surface area (Å²) in [5.41, 5.74) is 8.06. The van der Waals surface area contributed by atoms with Crippen LogP contribution in [-0.4, -0.2) is 12.9 Å². The van der Waals surface area contributed by atoms with Crippen molar-refractivity contribution in [3.63, 3.8) is 0 Å². The SMILES string of the molecule is COc1cc(Nc2ccc(C(C)=O)c(N)c2)ccc1F. The van der Waals surface area contributed by atoms with Crippen LogP contribution in [0.2, 0.25) is 0 Å². The number of benzene rings is 2. The largest absolute Gasteiger partial charge is 0.494 e. The predicted molar refractivity (Wildman–Crippen MR) is 77.1 cm³/mol. The summed E-state index contributed by atoms with van der Waals surface area (Å²) in [5, 5.41) is 3.07. The van der Waals surface area contributed by atoms with E-state index in [4.69, 9.17) is 10.5 Å². The quantitative estimate of drug-likeness (QED) is 0.662. The monoisotopic (exact) mass is 274 g/mol. The van der Waals surface area contributed by atoms with E-state index in [1.54, 1.807) is 30.3 Å². The lowest BCUT2D eigenvalue weighted by Crippen LogP contribution is -2.01. The van der Waals surface area contributed by atoms with Crippen molar-refractivity contribution >= 4 is 22.8 Å². The zero-order valence-corrected chi connectivity index (χ0v) is 11.2. The molecule has 5 heteroatoms. The molecular formula is C15H15FN2O2. The number of carbonyl (C=O) groups is 1. The van der Waals surface area contributed by atoms with Crippen LogP contribution in [0, 0.1) is 5.82 Å². The molecule has 104 valence electrons. The second-order valence-electron chi connectivity index (χ2n) is 4.33. The summed E-state index contributed by atoms with van der Waals surface area (Å²) < 4.78 is 18.2. The first kappa shape index (κ1) is 13.9. The van der Waals surface area contributed by atoms with Crippen molar-refractivity contribution in [3.05, 3.63) is 47.8 Å². The summed E-state index contributed by atoms with van der Waals surface area (Å²) in [6.45, 7) is 1.46. The highest BCUT2D eigenvalue weighted by molar-refractivity contribution is 5.99. The van der Waals surface area contributed by atoms with Crippen molar-refractivity contribution in [2.24, 2.45) is 0 Å². The number of ether oxygens (including phenoxy) is 1. The molecule has 4 nitrogen and oxygen atoms in total. The number of nitrogen functional groups attached to an aromatic ring is 1. The summed E-state index contributed by atoms with van der Waals surface area (Å²) in [5.74, 6) is -0.356. The first-order valence-electron chi connectivity index (χ1n) is 6.02. The highest BCUT2D eigenvalue weighted by atomic mass is 19.1. The number of hydrogen-bond donors (Lipinski definition) is 2. The normalized spacial score (nSPS) is 10.2. The van der Waals surface area contributed by atoms with Crippen LogP contribution in [0.3, 0.4) is 0 Å². The molecule has 2 aromatic carbocycles. The highest BCUT2D eigenvalue weighted by Crippen LogP contribution is 2.26. The van der Waals surface area contributed by atoms with Crippen molar-refractivity contribution < 1.29 is 13.9 Å². The Balaban J connectivity index is 2.26. The van der Waals surface area contributed by atoms with Gasteiger partial charge in [-0.25, -0.2) is 4.39 Å². The Bertz CT molecular complexity index is 656. The minimum Gasteiger partial charge on any atom is -0.494 e. The molecule has 0 aliphatic heterocycles. The van der Waals surface area contributed by atoms with Gasteiger partial charge < -0.3 is 15.8 Å². The number of Topliss-reactive ketones (excluding diaryl/α,β-unsaturated/α-hetero) is 1. The molecule has 0 spiro atoms. The van der Waals surface area contributed by atoms with Crippen molar-refractivity contribution in [1.29, 1.82) is 0 Å². The molecule has 0 amide bonds. The molecule has 0 saturated heterocycles. The van der Waals surface area contributed by atoms with Crippen LogP contribution in [0.25, 0.3) is 0 Å². The predicted octanol–water partition coefficient (Wildman–Crippen LogP) is 3.36. The first-order chi connectivity index (χ1) is 9.51. The molecule has 0 radical (unpaired) electrons. The Hall–Kier alpha value is -2.56. The number of methoxy groups -OCH3 is 1. The maximum absolute atomic E-state index is 13.3. The molecule has 0 unspecified atom stereocenters. The molecule has 0 aliphatic rings. The van der Waals surface area contributed by atoms with Gasteiger partial charge in [0.15, 0.2) is 17.3 Å². The molecule has 2 aromatic rings. The third kappa shape index (κ3) is 2.88. The van der Waals surface area contributed by atoms with E-state index in [1.165, 1.54) is 20.1 Å². The van der Waals surface area contributed by atoms with Crippen molar-refractivity contribution in [2.75, 3.05) is 18.2 Å². The number of nitrogens with one attached hydrogen (secondary N) is 1. The highest BCUT2D eigenvalue weighted by Gasteiger charge is 2.07. The molecule has 20 heavy (non-hydrogen) atoms. The van der Waals surface area contributed by atoms with E-state index < -0.39 is 5.82 Å². The lowest BCUT2D eigenvalue weighted by molar-refractivity contribution is 0.101. The molecule has 2 rings (SSSR count). The number of halogens is 1. The van der Waals surface area contributed by atoms with Gasteiger partial charge in [0, 0.05) is 28.7 Å². The van der Waals surface area contributed by atoms with Crippen LogP contribution < -0.4 is 15.8 Å². The van der Waals surface area contributed by atoms with Gasteiger partial charge in [0.1, 0.15) is 0 Å².